The van der Waals surface area contributed by atoms with Crippen LogP contribution in [0.15, 0.2) is 59.9 Å². The van der Waals surface area contributed by atoms with Crippen molar-refractivity contribution in [2.24, 2.45) is 0 Å². The Morgan fingerprint density at radius 2 is 1.83 bits per heavy atom. The minimum Gasteiger partial charge on any atom is -0.378 e. The van der Waals surface area contributed by atoms with Crippen molar-refractivity contribution in [3.05, 3.63) is 54.9 Å². The van der Waals surface area contributed by atoms with Gasteiger partial charge in [0.25, 0.3) is 0 Å². The van der Waals surface area contributed by atoms with Crippen molar-refractivity contribution in [2.45, 2.75) is 5.03 Å². The number of nitrogens with zero attached hydrogens (tertiary/aromatic N) is 3. The van der Waals surface area contributed by atoms with Crippen LogP contribution < -0.4 is 10.2 Å². The van der Waals surface area contributed by atoms with E-state index in [0.717, 1.165) is 27.3 Å². The molecule has 0 saturated carbocycles. The van der Waals surface area contributed by atoms with Gasteiger partial charge < -0.3 is 10.2 Å². The van der Waals surface area contributed by atoms with Crippen molar-refractivity contribution >= 4 is 39.9 Å². The summed E-state index contributed by atoms with van der Waals surface area (Å²) in [6.07, 6.45) is 1.53. The van der Waals surface area contributed by atoms with Gasteiger partial charge in [0.1, 0.15) is 11.4 Å². The molecule has 0 radical (unpaired) electrons. The molecule has 1 heterocycles. The van der Waals surface area contributed by atoms with Gasteiger partial charge in [-0.3, -0.25) is 4.79 Å². The summed E-state index contributed by atoms with van der Waals surface area (Å²) >= 11 is 1.41. The van der Waals surface area contributed by atoms with Gasteiger partial charge in [-0.1, -0.05) is 30.0 Å². The molecule has 0 fully saturated rings. The van der Waals surface area contributed by atoms with Gasteiger partial charge in [0.15, 0.2) is 0 Å². The smallest absolute Gasteiger partial charge is 0.234 e. The molecule has 3 aromatic rings. The summed E-state index contributed by atoms with van der Waals surface area (Å²) in [5, 5.41) is 4.69. The first-order chi connectivity index (χ1) is 11.6. The summed E-state index contributed by atoms with van der Waals surface area (Å²) in [6, 6.07) is 15.5. The normalized spacial score (nSPS) is 10.6. The average molecular weight is 338 g/mol. The Morgan fingerprint density at radius 3 is 2.58 bits per heavy atom. The van der Waals surface area contributed by atoms with E-state index < -0.39 is 0 Å². The number of anilines is 2. The maximum absolute atomic E-state index is 12.2. The number of amides is 1. The van der Waals surface area contributed by atoms with Crippen molar-refractivity contribution in [1.29, 1.82) is 0 Å². The summed E-state index contributed by atoms with van der Waals surface area (Å²) in [7, 11) is 3.96. The van der Waals surface area contributed by atoms with Crippen LogP contribution in [0.3, 0.4) is 0 Å². The maximum Gasteiger partial charge on any atom is 0.234 e. The summed E-state index contributed by atoms with van der Waals surface area (Å²) < 4.78 is 0. The Bertz CT molecular complexity index is 844. The highest BCUT2D eigenvalue weighted by Crippen LogP contribution is 2.24. The molecule has 24 heavy (non-hydrogen) atoms. The van der Waals surface area contributed by atoms with E-state index >= 15 is 0 Å². The fourth-order valence-electron chi connectivity index (χ4n) is 2.27. The fraction of sp³-hybridized carbons (Fsp3) is 0.167. The Balaban J connectivity index is 1.63. The highest BCUT2D eigenvalue weighted by atomic mass is 32.2. The second-order valence-corrected chi connectivity index (χ2v) is 6.44. The fourth-order valence-corrected chi connectivity index (χ4v) is 3.06. The lowest BCUT2D eigenvalue weighted by atomic mass is 10.2. The number of rotatable bonds is 5. The van der Waals surface area contributed by atoms with Gasteiger partial charge in [0.05, 0.1) is 11.3 Å². The first kappa shape index (κ1) is 16.3. The molecule has 0 spiro atoms. The van der Waals surface area contributed by atoms with E-state index in [1.54, 1.807) is 0 Å². The molecule has 1 amide bonds. The van der Waals surface area contributed by atoms with Gasteiger partial charge in [-0.25, -0.2) is 9.97 Å². The standard InChI is InChI=1S/C18H18N4OS/c1-22(2)14-9-7-13(8-10-14)21-17(23)11-24-18-15-5-3-4-6-16(15)19-12-20-18/h3-10,12H,11H2,1-2H3,(H,21,23). The second-order valence-electron chi connectivity index (χ2n) is 5.47. The zero-order valence-corrected chi connectivity index (χ0v) is 14.4. The average Bonchev–Trinajstić information content (AvgIpc) is 2.60. The summed E-state index contributed by atoms with van der Waals surface area (Å²) in [4.78, 5) is 22.7. The SMILES string of the molecule is CN(C)c1ccc(NC(=O)CSc2ncnc3ccccc23)cc1. The van der Waals surface area contributed by atoms with Gasteiger partial charge in [0.2, 0.25) is 5.91 Å². The zero-order valence-electron chi connectivity index (χ0n) is 13.6. The van der Waals surface area contributed by atoms with E-state index in [1.165, 1.54) is 18.1 Å². The second kappa shape index (κ2) is 7.31. The van der Waals surface area contributed by atoms with E-state index in [0.29, 0.717) is 5.75 Å². The number of thioether (sulfide) groups is 1. The number of para-hydroxylation sites is 1. The molecule has 0 aliphatic rings. The summed E-state index contributed by atoms with van der Waals surface area (Å²) in [6.45, 7) is 0. The predicted octanol–water partition coefficient (Wildman–Crippen LogP) is 3.43. The molecule has 0 bridgehead atoms. The van der Waals surface area contributed by atoms with Crippen LogP contribution in [-0.4, -0.2) is 35.7 Å². The molecule has 0 aliphatic heterocycles. The molecular formula is C18H18N4OS. The Morgan fingerprint density at radius 1 is 1.08 bits per heavy atom. The first-order valence-corrected chi connectivity index (χ1v) is 8.52. The number of benzene rings is 2. The summed E-state index contributed by atoms with van der Waals surface area (Å²) in [5.41, 5.74) is 2.77. The van der Waals surface area contributed by atoms with Crippen LogP contribution in [0.2, 0.25) is 0 Å². The minimum atomic E-state index is -0.0553. The number of nitrogens with one attached hydrogen (secondary N) is 1. The third kappa shape index (κ3) is 3.83. The number of carbonyl (C=O) groups is 1. The topological polar surface area (TPSA) is 58.1 Å². The van der Waals surface area contributed by atoms with Crippen LogP contribution in [0.5, 0.6) is 0 Å². The van der Waals surface area contributed by atoms with Crippen molar-refractivity contribution < 1.29 is 4.79 Å². The maximum atomic E-state index is 12.2. The molecule has 0 aliphatic carbocycles. The van der Waals surface area contributed by atoms with Crippen LogP contribution in [0, 0.1) is 0 Å². The van der Waals surface area contributed by atoms with E-state index in [4.69, 9.17) is 0 Å². The molecule has 0 unspecified atom stereocenters. The van der Waals surface area contributed by atoms with E-state index in [2.05, 4.69) is 15.3 Å². The zero-order chi connectivity index (χ0) is 16.9. The van der Waals surface area contributed by atoms with Crippen LogP contribution in [0.1, 0.15) is 0 Å². The lowest BCUT2D eigenvalue weighted by Crippen LogP contribution is -2.14. The van der Waals surface area contributed by atoms with Crippen LogP contribution >= 0.6 is 11.8 Å². The largest absolute Gasteiger partial charge is 0.378 e. The molecule has 1 N–H and O–H groups in total. The van der Waals surface area contributed by atoms with Crippen molar-refractivity contribution in [2.75, 3.05) is 30.1 Å². The predicted molar refractivity (Wildman–Crippen MR) is 99.7 cm³/mol. The van der Waals surface area contributed by atoms with Crippen LogP contribution in [0.4, 0.5) is 11.4 Å². The van der Waals surface area contributed by atoms with E-state index in [9.17, 15) is 4.79 Å². The molecule has 5 nitrogen and oxygen atoms in total. The molecule has 0 saturated heterocycles. The highest BCUT2D eigenvalue weighted by Gasteiger charge is 2.08. The molecule has 2 aromatic carbocycles. The monoisotopic (exact) mass is 338 g/mol. The third-order valence-corrected chi connectivity index (χ3v) is 4.52. The lowest BCUT2D eigenvalue weighted by molar-refractivity contribution is -0.113. The molecule has 6 heteroatoms. The first-order valence-electron chi connectivity index (χ1n) is 7.53. The van der Waals surface area contributed by atoms with Gasteiger partial charge in [-0.2, -0.15) is 0 Å². The Labute approximate surface area is 145 Å². The molecule has 3 rings (SSSR count). The van der Waals surface area contributed by atoms with Crippen molar-refractivity contribution in [3.8, 4) is 0 Å². The highest BCUT2D eigenvalue weighted by molar-refractivity contribution is 8.00. The quantitative estimate of drug-likeness (QED) is 0.570. The van der Waals surface area contributed by atoms with E-state index in [-0.39, 0.29) is 5.91 Å². The lowest BCUT2D eigenvalue weighted by Gasteiger charge is -2.13. The van der Waals surface area contributed by atoms with Gasteiger partial charge in [-0.05, 0) is 30.3 Å². The van der Waals surface area contributed by atoms with Crippen LogP contribution in [0.25, 0.3) is 10.9 Å². The molecular weight excluding hydrogens is 320 g/mol. The minimum absolute atomic E-state index is 0.0553. The Kier molecular flexibility index (Phi) is 4.96. The Hall–Kier alpha value is -2.60. The van der Waals surface area contributed by atoms with Crippen molar-refractivity contribution in [1.82, 2.24) is 9.97 Å². The number of hydrogen-bond acceptors (Lipinski definition) is 5. The third-order valence-electron chi connectivity index (χ3n) is 3.51. The van der Waals surface area contributed by atoms with Gasteiger partial charge in [-0.15, -0.1) is 0 Å². The van der Waals surface area contributed by atoms with Crippen molar-refractivity contribution in [3.63, 3.8) is 0 Å². The van der Waals surface area contributed by atoms with E-state index in [1.807, 2.05) is 67.5 Å². The number of hydrogen-bond donors (Lipinski definition) is 1. The van der Waals surface area contributed by atoms with Crippen LogP contribution in [-0.2, 0) is 4.79 Å². The molecule has 122 valence electrons. The van der Waals surface area contributed by atoms with Gasteiger partial charge >= 0.3 is 0 Å². The van der Waals surface area contributed by atoms with Gasteiger partial charge in [0, 0.05) is 30.9 Å². The molecule has 1 aromatic heterocycles. The molecule has 0 atom stereocenters. The number of aromatic nitrogens is 2. The number of carbonyl (C=O) groups excluding carboxylic acids is 1. The summed E-state index contributed by atoms with van der Waals surface area (Å²) in [5.74, 6) is 0.247. The number of fused-ring (bicyclic) bond motifs is 1.